The number of pyridine rings is 1. The van der Waals surface area contributed by atoms with Gasteiger partial charge in [0.05, 0.1) is 41.6 Å². The van der Waals surface area contributed by atoms with E-state index in [0.29, 0.717) is 41.4 Å². The number of carbonyl (C=O) groups is 1. The molecule has 2 unspecified atom stereocenters. The highest BCUT2D eigenvalue weighted by Gasteiger charge is 2.28. The molecule has 2 atom stereocenters. The third kappa shape index (κ3) is 4.89. The fourth-order valence-electron chi connectivity index (χ4n) is 4.86. The van der Waals surface area contributed by atoms with Crippen molar-refractivity contribution in [3.63, 3.8) is 0 Å². The minimum absolute atomic E-state index is 0.0441. The topological polar surface area (TPSA) is 133 Å². The number of aromatic nitrogens is 5. The number of hydrogen-bond acceptors (Lipinski definition) is 8. The molecule has 0 spiro atoms. The lowest BCUT2D eigenvalue weighted by Crippen LogP contribution is -2.32. The Hall–Kier alpha value is -4.12. The number of rotatable bonds is 7. The molecule has 1 fully saturated rings. The minimum atomic E-state index is -0.692. The van der Waals surface area contributed by atoms with E-state index in [1.54, 1.807) is 34.6 Å². The van der Waals surface area contributed by atoms with E-state index in [-0.39, 0.29) is 28.6 Å². The quantitative estimate of drug-likeness (QED) is 0.344. The van der Waals surface area contributed by atoms with Crippen molar-refractivity contribution < 1.29 is 9.53 Å². The van der Waals surface area contributed by atoms with Crippen molar-refractivity contribution in [3.05, 3.63) is 69.0 Å². The predicted octanol–water partition coefficient (Wildman–Crippen LogP) is 2.95. The van der Waals surface area contributed by atoms with Crippen molar-refractivity contribution >= 4 is 40.0 Å². The van der Waals surface area contributed by atoms with Gasteiger partial charge in [-0.25, -0.2) is 9.97 Å². The number of benzene rings is 1. The summed E-state index contributed by atoms with van der Waals surface area (Å²) in [6, 6.07) is 6.75. The zero-order valence-corrected chi connectivity index (χ0v) is 22.4. The summed E-state index contributed by atoms with van der Waals surface area (Å²) in [4.78, 5) is 36.6. The van der Waals surface area contributed by atoms with Gasteiger partial charge in [-0.1, -0.05) is 17.7 Å². The van der Waals surface area contributed by atoms with E-state index in [2.05, 4.69) is 20.3 Å². The third-order valence-electron chi connectivity index (χ3n) is 6.68. The monoisotopic (exact) mass is 536 g/mol. The van der Waals surface area contributed by atoms with Crippen LogP contribution in [0.25, 0.3) is 10.9 Å². The van der Waals surface area contributed by atoms with Crippen LogP contribution < -0.4 is 26.2 Å². The van der Waals surface area contributed by atoms with Crippen LogP contribution in [-0.2, 0) is 14.1 Å². The van der Waals surface area contributed by atoms with Gasteiger partial charge < -0.3 is 20.7 Å². The van der Waals surface area contributed by atoms with Crippen molar-refractivity contribution in [2.24, 2.45) is 19.8 Å². The number of fused-ring (bicyclic) bond motifs is 1. The largest absolute Gasteiger partial charge is 0.485 e. The second kappa shape index (κ2) is 9.97. The highest BCUT2D eigenvalue weighted by atomic mass is 35.5. The van der Waals surface area contributed by atoms with Crippen LogP contribution in [-0.4, -0.2) is 49.4 Å². The van der Waals surface area contributed by atoms with Crippen molar-refractivity contribution in [2.75, 3.05) is 23.3 Å². The molecule has 38 heavy (non-hydrogen) atoms. The van der Waals surface area contributed by atoms with Gasteiger partial charge in [-0.2, -0.15) is 5.10 Å². The Bertz CT molecular complexity index is 1600. The highest BCUT2D eigenvalue weighted by molar-refractivity contribution is 6.29. The highest BCUT2D eigenvalue weighted by Crippen LogP contribution is 2.30. The van der Waals surface area contributed by atoms with Crippen LogP contribution in [0.5, 0.6) is 5.75 Å². The van der Waals surface area contributed by atoms with Gasteiger partial charge in [0.2, 0.25) is 5.95 Å². The van der Waals surface area contributed by atoms with Gasteiger partial charge in [0.1, 0.15) is 11.3 Å². The summed E-state index contributed by atoms with van der Waals surface area (Å²) in [6.07, 6.45) is 4.26. The molecule has 11 nitrogen and oxygen atoms in total. The van der Waals surface area contributed by atoms with E-state index in [4.69, 9.17) is 27.1 Å². The number of primary amides is 1. The molecule has 1 aliphatic rings. The van der Waals surface area contributed by atoms with Crippen molar-refractivity contribution in [1.29, 1.82) is 0 Å². The third-order valence-corrected chi connectivity index (χ3v) is 6.89. The van der Waals surface area contributed by atoms with Crippen LogP contribution in [0.1, 0.15) is 41.0 Å². The summed E-state index contributed by atoms with van der Waals surface area (Å²) in [5.41, 5.74) is 8.20. The van der Waals surface area contributed by atoms with Gasteiger partial charge in [-0.15, -0.1) is 0 Å². The van der Waals surface area contributed by atoms with Gasteiger partial charge in [0.25, 0.3) is 11.5 Å². The van der Waals surface area contributed by atoms with Crippen LogP contribution in [0.4, 0.5) is 11.6 Å². The molecular formula is C26H29ClN8O3. The molecule has 12 heteroatoms. The Morgan fingerprint density at radius 1 is 1.26 bits per heavy atom. The fourth-order valence-corrected chi connectivity index (χ4v) is 5.01. The van der Waals surface area contributed by atoms with E-state index in [1.807, 2.05) is 39.2 Å². The number of carbonyl (C=O) groups excluding carboxylic acids is 1. The van der Waals surface area contributed by atoms with Crippen molar-refractivity contribution in [2.45, 2.75) is 32.4 Å². The molecule has 1 saturated heterocycles. The summed E-state index contributed by atoms with van der Waals surface area (Å²) >= 11 is 5.97. The summed E-state index contributed by atoms with van der Waals surface area (Å²) in [6.45, 7) is 5.15. The second-order valence-electron chi connectivity index (χ2n) is 9.61. The molecule has 0 radical (unpaired) electrons. The van der Waals surface area contributed by atoms with Gasteiger partial charge in [0.15, 0.2) is 11.4 Å². The Labute approximate surface area is 224 Å². The predicted molar refractivity (Wildman–Crippen MR) is 146 cm³/mol. The Kier molecular flexibility index (Phi) is 6.70. The lowest BCUT2D eigenvalue weighted by Gasteiger charge is -2.23. The number of halogens is 1. The zero-order valence-electron chi connectivity index (χ0n) is 21.6. The van der Waals surface area contributed by atoms with Crippen LogP contribution >= 0.6 is 11.6 Å². The van der Waals surface area contributed by atoms with Gasteiger partial charge >= 0.3 is 0 Å². The number of amides is 1. The smallest absolute Gasteiger partial charge is 0.269 e. The molecule has 4 aromatic rings. The molecule has 1 amide bonds. The maximum Gasteiger partial charge on any atom is 0.269 e. The summed E-state index contributed by atoms with van der Waals surface area (Å²) in [7, 11) is 3.58. The number of aryl methyl sites for hydroxylation is 2. The lowest BCUT2D eigenvalue weighted by atomic mass is 10.0. The Morgan fingerprint density at radius 2 is 2.05 bits per heavy atom. The van der Waals surface area contributed by atoms with Gasteiger partial charge in [-0.3, -0.25) is 18.8 Å². The van der Waals surface area contributed by atoms with E-state index < -0.39 is 5.91 Å². The molecule has 3 N–H and O–H groups in total. The molecule has 1 aliphatic heterocycles. The zero-order chi connectivity index (χ0) is 27.1. The van der Waals surface area contributed by atoms with E-state index in [1.165, 1.54) is 0 Å². The van der Waals surface area contributed by atoms with Gasteiger partial charge in [-0.05, 0) is 37.6 Å². The first-order valence-corrected chi connectivity index (χ1v) is 12.6. The SMILES string of the molecule is Cc1cc(C(C)Nc2ccc(Cl)nc2C(N)=O)c2nc(N3CCC(Oc4cnn(C)c4)C3)n(C)c(=O)c2c1. The Morgan fingerprint density at radius 3 is 2.76 bits per heavy atom. The van der Waals surface area contributed by atoms with Crippen LogP contribution in [0.15, 0.2) is 41.5 Å². The van der Waals surface area contributed by atoms with E-state index in [0.717, 1.165) is 17.5 Å². The first-order valence-electron chi connectivity index (χ1n) is 12.2. The first kappa shape index (κ1) is 25.5. The maximum absolute atomic E-state index is 13.5. The number of nitrogens with one attached hydrogen (secondary N) is 1. The molecule has 0 bridgehead atoms. The van der Waals surface area contributed by atoms with E-state index >= 15 is 0 Å². The fraction of sp³-hybridized carbons (Fsp3) is 0.346. The molecule has 3 aromatic heterocycles. The lowest BCUT2D eigenvalue weighted by molar-refractivity contribution is 0.0996. The number of nitrogens with zero attached hydrogens (tertiary/aromatic N) is 6. The Balaban J connectivity index is 1.50. The summed E-state index contributed by atoms with van der Waals surface area (Å²) in [5.74, 6) is 0.593. The molecule has 5 rings (SSSR count). The van der Waals surface area contributed by atoms with Crippen molar-refractivity contribution in [3.8, 4) is 5.75 Å². The summed E-state index contributed by atoms with van der Waals surface area (Å²) in [5, 5.41) is 8.15. The molecule has 4 heterocycles. The summed E-state index contributed by atoms with van der Waals surface area (Å²) < 4.78 is 9.37. The molecule has 198 valence electrons. The minimum Gasteiger partial charge on any atom is -0.485 e. The van der Waals surface area contributed by atoms with Gasteiger partial charge in [0, 0.05) is 32.6 Å². The second-order valence-corrected chi connectivity index (χ2v) is 10.00. The maximum atomic E-state index is 13.5. The van der Waals surface area contributed by atoms with Crippen LogP contribution in [0, 0.1) is 6.92 Å². The normalized spacial score (nSPS) is 16.1. The average molecular weight is 537 g/mol. The van der Waals surface area contributed by atoms with Crippen LogP contribution in [0.3, 0.4) is 0 Å². The molecule has 0 aliphatic carbocycles. The molecule has 1 aromatic carbocycles. The number of anilines is 2. The van der Waals surface area contributed by atoms with E-state index in [9.17, 15) is 9.59 Å². The average Bonchev–Trinajstić information content (AvgIpc) is 3.51. The molecule has 0 saturated carbocycles. The van der Waals surface area contributed by atoms with Crippen molar-refractivity contribution in [1.82, 2.24) is 24.3 Å². The number of ether oxygens (including phenoxy) is 1. The number of hydrogen-bond donors (Lipinski definition) is 2. The number of nitrogens with two attached hydrogens (primary N) is 1. The van der Waals surface area contributed by atoms with Crippen LogP contribution in [0.2, 0.25) is 5.15 Å². The standard InChI is InChI=1S/C26H29ClN8O3/c1-14-9-18(15(2)30-20-5-6-21(27)31-23(20)24(28)36)22-19(10-14)25(37)34(4)26(32-22)35-8-7-16(13-35)38-17-11-29-33(3)12-17/h5-6,9-12,15-16,30H,7-8,13H2,1-4H3,(H2,28,36). The molecular weight excluding hydrogens is 508 g/mol. The first-order chi connectivity index (χ1) is 18.1.